The molecule has 1 amide bonds. The lowest BCUT2D eigenvalue weighted by molar-refractivity contribution is 0.0105. The summed E-state index contributed by atoms with van der Waals surface area (Å²) in [4.78, 5) is 54.7. The van der Waals surface area contributed by atoms with Crippen molar-refractivity contribution in [2.45, 2.75) is 58.2 Å². The van der Waals surface area contributed by atoms with Crippen molar-refractivity contribution >= 4 is 45.4 Å². The second-order valence-corrected chi connectivity index (χ2v) is 12.2. The van der Waals surface area contributed by atoms with Crippen molar-refractivity contribution in [2.75, 3.05) is 18.4 Å². The fourth-order valence-corrected chi connectivity index (χ4v) is 5.21. The van der Waals surface area contributed by atoms with Crippen molar-refractivity contribution in [3.8, 4) is 5.69 Å². The number of amides is 1. The molecule has 2 fully saturated rings. The molecule has 1 saturated heterocycles. The first-order chi connectivity index (χ1) is 17.8. The fourth-order valence-electron chi connectivity index (χ4n) is 4.76. The number of fused-ring (bicyclic) bond motifs is 1. The summed E-state index contributed by atoms with van der Waals surface area (Å²) < 4.78 is 24.8. The van der Waals surface area contributed by atoms with Gasteiger partial charge in [0, 0.05) is 35.3 Å². The van der Waals surface area contributed by atoms with Crippen molar-refractivity contribution < 1.29 is 13.9 Å². The monoisotopic (exact) mass is 637 g/mol. The lowest BCUT2D eigenvalue weighted by Crippen LogP contribution is -2.58. The topological polar surface area (TPSA) is 108 Å². The fraction of sp³-hybridized carbons (Fsp3) is 0.462. The molecule has 0 atom stereocenters. The second kappa shape index (κ2) is 9.24. The van der Waals surface area contributed by atoms with E-state index < -0.39 is 34.3 Å². The Bertz CT molecular complexity index is 1660. The molecule has 1 aliphatic carbocycles. The Morgan fingerprint density at radius 1 is 1.13 bits per heavy atom. The average Bonchev–Trinajstić information content (AvgIpc) is 3.61. The number of rotatable bonds is 4. The van der Waals surface area contributed by atoms with E-state index in [1.807, 2.05) is 22.6 Å². The van der Waals surface area contributed by atoms with Crippen LogP contribution >= 0.6 is 22.6 Å². The summed E-state index contributed by atoms with van der Waals surface area (Å²) >= 11 is 1.97. The van der Waals surface area contributed by atoms with Gasteiger partial charge < -0.3 is 15.0 Å². The Labute approximate surface area is 231 Å². The van der Waals surface area contributed by atoms with E-state index in [0.29, 0.717) is 35.1 Å². The van der Waals surface area contributed by atoms with Crippen LogP contribution < -0.4 is 22.1 Å². The van der Waals surface area contributed by atoms with Gasteiger partial charge in [0.2, 0.25) is 0 Å². The predicted molar refractivity (Wildman–Crippen MR) is 150 cm³/mol. The zero-order valence-electron chi connectivity index (χ0n) is 21.8. The normalized spacial score (nSPS) is 16.0. The predicted octanol–water partition coefficient (Wildman–Crippen LogP) is 3.27. The summed E-state index contributed by atoms with van der Waals surface area (Å²) in [6, 6.07) is 3.90. The standard InChI is InChI=1S/C26H29FIN5O5/c1-13-20(29-15-11-31(12-15)25(37)38-26(2,3)4)19-21(30(5)22(13)34)33(18-9-6-14(28)10-17(18)27)24(36)32(23(19)35)16-7-8-16/h6,9-10,15-16,29H,7-8,11-12H2,1-5H3. The van der Waals surface area contributed by atoms with E-state index in [1.165, 1.54) is 33.2 Å². The molecule has 0 spiro atoms. The zero-order chi connectivity index (χ0) is 27.7. The number of hydrogen-bond donors (Lipinski definition) is 1. The van der Waals surface area contributed by atoms with Crippen LogP contribution in [0.5, 0.6) is 0 Å². The Hall–Kier alpha value is -3.16. The van der Waals surface area contributed by atoms with Gasteiger partial charge in [-0.25, -0.2) is 18.5 Å². The van der Waals surface area contributed by atoms with Crippen LogP contribution in [0.3, 0.4) is 0 Å². The minimum Gasteiger partial charge on any atom is -0.444 e. The first-order valence-electron chi connectivity index (χ1n) is 12.4. The third kappa shape index (κ3) is 4.52. The number of carbonyl (C=O) groups is 1. The molecule has 202 valence electrons. The number of aryl methyl sites for hydroxylation is 1. The van der Waals surface area contributed by atoms with Crippen molar-refractivity contribution in [1.29, 1.82) is 0 Å². The van der Waals surface area contributed by atoms with Crippen LogP contribution in [0.4, 0.5) is 14.9 Å². The maximum absolute atomic E-state index is 15.2. The van der Waals surface area contributed by atoms with Gasteiger partial charge in [-0.3, -0.25) is 18.7 Å². The van der Waals surface area contributed by atoms with Crippen LogP contribution in [0.2, 0.25) is 0 Å². The molecule has 2 aliphatic rings. The van der Waals surface area contributed by atoms with Crippen LogP contribution in [-0.2, 0) is 11.8 Å². The molecule has 1 aliphatic heterocycles. The maximum atomic E-state index is 15.2. The quantitative estimate of drug-likeness (QED) is 0.441. The number of benzene rings is 1. The lowest BCUT2D eigenvalue weighted by Gasteiger charge is -2.40. The number of halogens is 2. The third-order valence-electron chi connectivity index (χ3n) is 6.78. The number of hydrogen-bond acceptors (Lipinski definition) is 6. The molecule has 1 saturated carbocycles. The van der Waals surface area contributed by atoms with E-state index in [-0.39, 0.29) is 34.5 Å². The number of nitrogens with one attached hydrogen (secondary N) is 1. The van der Waals surface area contributed by atoms with Crippen molar-refractivity contribution in [3.63, 3.8) is 0 Å². The molecule has 0 bridgehead atoms. The first kappa shape index (κ1) is 26.4. The Morgan fingerprint density at radius 3 is 2.37 bits per heavy atom. The number of likely N-dealkylation sites (tertiary alicyclic amines) is 1. The Kier molecular flexibility index (Phi) is 6.43. The van der Waals surface area contributed by atoms with E-state index in [4.69, 9.17) is 4.74 Å². The van der Waals surface area contributed by atoms with Crippen LogP contribution in [0.25, 0.3) is 16.7 Å². The van der Waals surface area contributed by atoms with Gasteiger partial charge in [0.25, 0.3) is 11.1 Å². The summed E-state index contributed by atoms with van der Waals surface area (Å²) in [5, 5.41) is 3.40. The summed E-state index contributed by atoms with van der Waals surface area (Å²) in [6.07, 6.45) is 0.883. The highest BCUT2D eigenvalue weighted by molar-refractivity contribution is 14.1. The van der Waals surface area contributed by atoms with Gasteiger partial charge in [-0.15, -0.1) is 0 Å². The summed E-state index contributed by atoms with van der Waals surface area (Å²) in [5.74, 6) is -0.643. The molecule has 3 heterocycles. The molecule has 0 radical (unpaired) electrons. The van der Waals surface area contributed by atoms with Gasteiger partial charge in [0.1, 0.15) is 22.5 Å². The van der Waals surface area contributed by atoms with Gasteiger partial charge in [-0.2, -0.15) is 0 Å². The molecule has 10 nitrogen and oxygen atoms in total. The van der Waals surface area contributed by atoms with E-state index in [9.17, 15) is 19.2 Å². The number of anilines is 1. The molecule has 3 aromatic rings. The summed E-state index contributed by atoms with van der Waals surface area (Å²) in [7, 11) is 1.47. The highest BCUT2D eigenvalue weighted by atomic mass is 127. The minimum atomic E-state index is -0.686. The number of pyridine rings is 1. The molecule has 5 rings (SSSR count). The molecule has 1 N–H and O–H groups in total. The highest BCUT2D eigenvalue weighted by Gasteiger charge is 2.36. The molecule has 2 aromatic heterocycles. The highest BCUT2D eigenvalue weighted by Crippen LogP contribution is 2.34. The van der Waals surface area contributed by atoms with Crippen LogP contribution in [-0.4, -0.2) is 49.4 Å². The van der Waals surface area contributed by atoms with Gasteiger partial charge in [-0.1, -0.05) is 0 Å². The second-order valence-electron chi connectivity index (χ2n) is 10.9. The molecular formula is C26H29FIN5O5. The molecule has 12 heteroatoms. The molecule has 38 heavy (non-hydrogen) atoms. The number of nitrogens with zero attached hydrogens (tertiary/aromatic N) is 4. The Balaban J connectivity index is 1.68. The number of carbonyl (C=O) groups excluding carboxylic acids is 1. The van der Waals surface area contributed by atoms with Crippen LogP contribution in [0.1, 0.15) is 45.2 Å². The lowest BCUT2D eigenvalue weighted by atomic mass is 10.1. The van der Waals surface area contributed by atoms with E-state index >= 15 is 4.39 Å². The van der Waals surface area contributed by atoms with Gasteiger partial charge >= 0.3 is 11.8 Å². The Morgan fingerprint density at radius 2 is 1.79 bits per heavy atom. The maximum Gasteiger partial charge on any atom is 0.410 e. The third-order valence-corrected chi connectivity index (χ3v) is 7.45. The zero-order valence-corrected chi connectivity index (χ0v) is 24.0. The SMILES string of the molecule is Cc1c(NC2CN(C(=O)OC(C)(C)C)C2)c2c(=O)n(C3CC3)c(=O)n(-c3ccc(I)cc3F)c2n(C)c1=O. The van der Waals surface area contributed by atoms with E-state index in [1.54, 1.807) is 33.8 Å². The largest absolute Gasteiger partial charge is 0.444 e. The van der Waals surface area contributed by atoms with E-state index in [2.05, 4.69) is 5.32 Å². The van der Waals surface area contributed by atoms with Gasteiger partial charge in [0.15, 0.2) is 0 Å². The number of ether oxygens (including phenoxy) is 1. The molecular weight excluding hydrogens is 608 g/mol. The number of aromatic nitrogens is 3. The average molecular weight is 637 g/mol. The smallest absolute Gasteiger partial charge is 0.410 e. The van der Waals surface area contributed by atoms with Crippen LogP contribution in [0, 0.1) is 16.3 Å². The van der Waals surface area contributed by atoms with Crippen molar-refractivity contribution in [2.24, 2.45) is 7.05 Å². The van der Waals surface area contributed by atoms with Gasteiger partial charge in [0.05, 0.1) is 17.4 Å². The minimum absolute atomic E-state index is 0.0124. The van der Waals surface area contributed by atoms with Crippen LogP contribution in [0.15, 0.2) is 32.6 Å². The van der Waals surface area contributed by atoms with Crippen molar-refractivity contribution in [1.82, 2.24) is 18.6 Å². The summed E-state index contributed by atoms with van der Waals surface area (Å²) in [6.45, 7) is 7.60. The first-order valence-corrected chi connectivity index (χ1v) is 13.5. The van der Waals surface area contributed by atoms with E-state index in [0.717, 1.165) is 4.57 Å². The molecule has 0 unspecified atom stereocenters. The summed E-state index contributed by atoms with van der Waals surface area (Å²) in [5.41, 5.74) is -1.71. The molecule has 1 aromatic carbocycles. The van der Waals surface area contributed by atoms with Gasteiger partial charge in [-0.05, 0) is 81.3 Å². The van der Waals surface area contributed by atoms with Crippen molar-refractivity contribution in [3.05, 3.63) is 64.3 Å².